The molecule has 8 heteroatoms. The van der Waals surface area contributed by atoms with Gasteiger partial charge in [-0.3, -0.25) is 9.59 Å². The molecular formula is C25H27ClN2O5. The van der Waals surface area contributed by atoms with Crippen LogP contribution in [0.4, 0.5) is 0 Å². The second-order valence-corrected chi connectivity index (χ2v) is 8.37. The number of amides is 1. The van der Waals surface area contributed by atoms with E-state index in [2.05, 4.69) is 4.90 Å². The summed E-state index contributed by atoms with van der Waals surface area (Å²) in [7, 11) is 0. The minimum Gasteiger partial charge on any atom is -0.507 e. The van der Waals surface area contributed by atoms with Crippen molar-refractivity contribution >= 4 is 29.1 Å². The number of carbonyl (C=O) groups is 2. The largest absolute Gasteiger partial charge is 0.507 e. The van der Waals surface area contributed by atoms with Gasteiger partial charge >= 0.3 is 0 Å². The van der Waals surface area contributed by atoms with Crippen molar-refractivity contribution in [2.45, 2.75) is 19.9 Å². The Labute approximate surface area is 198 Å². The van der Waals surface area contributed by atoms with Gasteiger partial charge in [-0.2, -0.15) is 0 Å². The van der Waals surface area contributed by atoms with Crippen LogP contribution in [0.3, 0.4) is 0 Å². The molecule has 4 rings (SSSR count). The quantitative estimate of drug-likeness (QED) is 0.376. The van der Waals surface area contributed by atoms with Crippen molar-refractivity contribution in [3.05, 3.63) is 64.2 Å². The van der Waals surface area contributed by atoms with Gasteiger partial charge in [0.2, 0.25) is 0 Å². The predicted octanol–water partition coefficient (Wildman–Crippen LogP) is 3.87. The van der Waals surface area contributed by atoms with Crippen LogP contribution in [0.15, 0.2) is 48.0 Å². The van der Waals surface area contributed by atoms with E-state index in [4.69, 9.17) is 21.1 Å². The smallest absolute Gasteiger partial charge is 0.295 e. The van der Waals surface area contributed by atoms with E-state index in [1.54, 1.807) is 36.4 Å². The van der Waals surface area contributed by atoms with Crippen molar-refractivity contribution in [1.29, 1.82) is 0 Å². The summed E-state index contributed by atoms with van der Waals surface area (Å²) in [5.41, 5.74) is 1.09. The van der Waals surface area contributed by atoms with Crippen molar-refractivity contribution in [3.8, 4) is 11.5 Å². The Bertz CT molecular complexity index is 1100. The van der Waals surface area contributed by atoms with Gasteiger partial charge in [0.1, 0.15) is 19.0 Å². The Morgan fingerprint density at radius 3 is 2.52 bits per heavy atom. The highest BCUT2D eigenvalue weighted by Crippen LogP contribution is 2.41. The number of likely N-dealkylation sites (N-methyl/N-ethyl adjacent to an activating group) is 1. The summed E-state index contributed by atoms with van der Waals surface area (Å²) in [6.45, 7) is 7.57. The van der Waals surface area contributed by atoms with Gasteiger partial charge in [-0.15, -0.1) is 0 Å². The van der Waals surface area contributed by atoms with Crippen molar-refractivity contribution in [2.24, 2.45) is 0 Å². The average molecular weight is 471 g/mol. The molecule has 0 aliphatic carbocycles. The Hall–Kier alpha value is -3.03. The Balaban J connectivity index is 1.79. The molecule has 0 radical (unpaired) electrons. The van der Waals surface area contributed by atoms with E-state index in [1.807, 2.05) is 19.9 Å². The van der Waals surface area contributed by atoms with Crippen LogP contribution in [-0.2, 0) is 9.59 Å². The highest BCUT2D eigenvalue weighted by molar-refractivity contribution is 6.46. The first kappa shape index (κ1) is 23.1. The molecule has 2 aromatic carbocycles. The van der Waals surface area contributed by atoms with Crippen LogP contribution in [-0.4, -0.2) is 66.0 Å². The van der Waals surface area contributed by atoms with Crippen molar-refractivity contribution in [1.82, 2.24) is 9.80 Å². The minimum absolute atomic E-state index is 0.0403. The van der Waals surface area contributed by atoms with Gasteiger partial charge in [-0.1, -0.05) is 37.6 Å². The number of nitrogens with zero attached hydrogens (tertiary/aromatic N) is 2. The number of fused-ring (bicyclic) bond motifs is 1. The fourth-order valence-electron chi connectivity index (χ4n) is 4.27. The topological polar surface area (TPSA) is 79.3 Å². The van der Waals surface area contributed by atoms with Gasteiger partial charge in [-0.25, -0.2) is 0 Å². The molecule has 0 bridgehead atoms. The first-order valence-electron chi connectivity index (χ1n) is 11.1. The first-order valence-corrected chi connectivity index (χ1v) is 11.5. The van der Waals surface area contributed by atoms with Gasteiger partial charge in [0.15, 0.2) is 11.5 Å². The lowest BCUT2D eigenvalue weighted by atomic mass is 9.95. The molecule has 2 aliphatic heterocycles. The maximum absolute atomic E-state index is 13.2. The van der Waals surface area contributed by atoms with E-state index in [1.165, 1.54) is 4.90 Å². The van der Waals surface area contributed by atoms with Crippen molar-refractivity contribution in [2.75, 3.05) is 39.4 Å². The van der Waals surface area contributed by atoms with Gasteiger partial charge < -0.3 is 24.4 Å². The normalized spacial score (nSPS) is 19.4. The number of ketones is 1. The summed E-state index contributed by atoms with van der Waals surface area (Å²) in [4.78, 5) is 29.9. The standard InChI is InChI=1S/C25H27ClN2O5/c1-3-27(4-2)10-11-28-22(16-6-5-7-18(26)14-16)21(24(30)25(28)31)23(29)17-8-9-19-20(15-17)33-13-12-32-19/h5-9,14-15,22,29H,3-4,10-13H2,1-2H3/b23-21+. The molecule has 0 spiro atoms. The van der Waals surface area contributed by atoms with Gasteiger partial charge in [0.25, 0.3) is 11.7 Å². The van der Waals surface area contributed by atoms with Crippen LogP contribution >= 0.6 is 11.6 Å². The van der Waals surface area contributed by atoms with Crippen LogP contribution < -0.4 is 9.47 Å². The molecule has 1 atom stereocenters. The SMILES string of the molecule is CCN(CC)CCN1C(=O)C(=O)/C(=C(/O)c2ccc3c(c2)OCCO3)C1c1cccc(Cl)c1. The van der Waals surface area contributed by atoms with E-state index in [0.29, 0.717) is 54.0 Å². The van der Waals surface area contributed by atoms with E-state index >= 15 is 0 Å². The molecule has 2 aromatic rings. The highest BCUT2D eigenvalue weighted by Gasteiger charge is 2.46. The Kier molecular flexibility index (Phi) is 6.91. The number of aliphatic hydroxyl groups is 1. The van der Waals surface area contributed by atoms with Gasteiger partial charge in [-0.05, 0) is 49.0 Å². The second kappa shape index (κ2) is 9.85. The summed E-state index contributed by atoms with van der Waals surface area (Å²) < 4.78 is 11.2. The van der Waals surface area contributed by atoms with Gasteiger partial charge in [0.05, 0.1) is 11.6 Å². The summed E-state index contributed by atoms with van der Waals surface area (Å²) in [5.74, 6) is -0.539. The van der Waals surface area contributed by atoms with Crippen molar-refractivity contribution < 1.29 is 24.2 Å². The number of aliphatic hydroxyl groups excluding tert-OH is 1. The number of Topliss-reactive ketones (excluding diaryl/α,β-unsaturated/α-hetero) is 1. The Morgan fingerprint density at radius 1 is 1.09 bits per heavy atom. The van der Waals surface area contributed by atoms with E-state index < -0.39 is 17.7 Å². The molecule has 2 heterocycles. The molecule has 174 valence electrons. The lowest BCUT2D eigenvalue weighted by Gasteiger charge is -2.28. The summed E-state index contributed by atoms with van der Waals surface area (Å²) in [5, 5.41) is 11.7. The zero-order valence-corrected chi connectivity index (χ0v) is 19.5. The van der Waals surface area contributed by atoms with Gasteiger partial charge in [0, 0.05) is 23.7 Å². The number of hydrogen-bond acceptors (Lipinski definition) is 6. The third-order valence-electron chi connectivity index (χ3n) is 6.07. The number of likely N-dealkylation sites (tertiary alicyclic amines) is 1. The van der Waals surface area contributed by atoms with Crippen LogP contribution in [0.25, 0.3) is 5.76 Å². The number of carbonyl (C=O) groups excluding carboxylic acids is 2. The van der Waals surface area contributed by atoms with Crippen LogP contribution in [0.5, 0.6) is 11.5 Å². The molecule has 1 unspecified atom stereocenters. The second-order valence-electron chi connectivity index (χ2n) is 7.93. The zero-order chi connectivity index (χ0) is 23.5. The molecule has 7 nitrogen and oxygen atoms in total. The molecule has 2 aliphatic rings. The number of ether oxygens (including phenoxy) is 2. The van der Waals surface area contributed by atoms with Crippen LogP contribution in [0.1, 0.15) is 31.0 Å². The maximum Gasteiger partial charge on any atom is 0.295 e. The monoisotopic (exact) mass is 470 g/mol. The summed E-state index contributed by atoms with van der Waals surface area (Å²) in [6, 6.07) is 11.3. The molecule has 0 aromatic heterocycles. The molecule has 1 N–H and O–H groups in total. The summed E-state index contributed by atoms with van der Waals surface area (Å²) in [6.07, 6.45) is 0. The maximum atomic E-state index is 13.2. The predicted molar refractivity (Wildman–Crippen MR) is 126 cm³/mol. The molecule has 0 saturated carbocycles. The third kappa shape index (κ3) is 4.56. The fourth-order valence-corrected chi connectivity index (χ4v) is 4.47. The van der Waals surface area contributed by atoms with Crippen molar-refractivity contribution in [3.63, 3.8) is 0 Å². The fraction of sp³-hybridized carbons (Fsp3) is 0.360. The lowest BCUT2D eigenvalue weighted by molar-refractivity contribution is -0.140. The molecule has 1 fully saturated rings. The summed E-state index contributed by atoms with van der Waals surface area (Å²) >= 11 is 6.23. The number of halogens is 1. The first-order chi connectivity index (χ1) is 15.9. The zero-order valence-electron chi connectivity index (χ0n) is 18.7. The molecular weight excluding hydrogens is 444 g/mol. The lowest BCUT2D eigenvalue weighted by Crippen LogP contribution is -2.38. The van der Waals surface area contributed by atoms with Crippen LogP contribution in [0, 0.1) is 0 Å². The molecule has 33 heavy (non-hydrogen) atoms. The van der Waals surface area contributed by atoms with Crippen LogP contribution in [0.2, 0.25) is 5.02 Å². The average Bonchev–Trinajstić information content (AvgIpc) is 3.09. The van der Waals surface area contributed by atoms with E-state index in [0.717, 1.165) is 13.1 Å². The minimum atomic E-state index is -0.743. The third-order valence-corrected chi connectivity index (χ3v) is 6.31. The Morgan fingerprint density at radius 2 is 1.82 bits per heavy atom. The number of hydrogen-bond donors (Lipinski definition) is 1. The molecule has 1 amide bonds. The van der Waals surface area contributed by atoms with E-state index in [-0.39, 0.29) is 11.3 Å². The highest BCUT2D eigenvalue weighted by atomic mass is 35.5. The molecule has 1 saturated heterocycles. The number of rotatable bonds is 7. The number of benzene rings is 2. The van der Waals surface area contributed by atoms with E-state index in [9.17, 15) is 14.7 Å².